The predicted octanol–water partition coefficient (Wildman–Crippen LogP) is 3.39. The van der Waals surface area contributed by atoms with E-state index in [-0.39, 0.29) is 24.1 Å². The Balaban J connectivity index is 2.41. The molecular weight excluding hydrogens is 539 g/mol. The van der Waals surface area contributed by atoms with Gasteiger partial charge in [0.2, 0.25) is 11.8 Å². The van der Waals surface area contributed by atoms with Gasteiger partial charge in [-0.25, -0.2) is 8.70 Å². The molecule has 0 saturated heterocycles. The number of anilines is 1. The maximum absolute atomic E-state index is 13.6. The molecule has 35 heavy (non-hydrogen) atoms. The van der Waals surface area contributed by atoms with Crippen LogP contribution in [-0.4, -0.2) is 62.7 Å². The molecule has 11 heteroatoms. The molecule has 0 fully saturated rings. The van der Waals surface area contributed by atoms with Gasteiger partial charge in [-0.2, -0.15) is 12.7 Å². The largest absolute Gasteiger partial charge is 0.354 e. The Morgan fingerprint density at radius 1 is 1.00 bits per heavy atom. The van der Waals surface area contributed by atoms with Gasteiger partial charge in [-0.15, -0.1) is 0 Å². The molecule has 0 aromatic heterocycles. The SMILES string of the molecule is CC(C)CNC(=O)C(C)N(Cc1ccc(Br)cc1)C(=O)CN(c1ccc(F)cc1)S(=O)(=O)N(C)C. The van der Waals surface area contributed by atoms with Gasteiger partial charge in [-0.3, -0.25) is 9.59 Å². The second-order valence-electron chi connectivity index (χ2n) is 8.74. The molecule has 2 aromatic rings. The van der Waals surface area contributed by atoms with Crippen LogP contribution in [0.2, 0.25) is 0 Å². The standard InChI is InChI=1S/C24H32BrFN4O4S/c1-17(2)14-27-24(32)18(3)29(15-19-6-8-20(25)9-7-19)23(31)16-30(35(33,34)28(4)5)22-12-10-21(26)11-13-22/h6-13,17-18H,14-16H2,1-5H3,(H,27,32). The third-order valence-corrected chi connectivity index (χ3v) is 7.60. The van der Waals surface area contributed by atoms with Gasteiger partial charge in [0.15, 0.2) is 0 Å². The van der Waals surface area contributed by atoms with E-state index in [0.29, 0.717) is 6.54 Å². The second-order valence-corrected chi connectivity index (χ2v) is 11.7. The number of carbonyl (C=O) groups excluding carboxylic acids is 2. The van der Waals surface area contributed by atoms with E-state index < -0.39 is 34.5 Å². The van der Waals surface area contributed by atoms with Crippen LogP contribution in [0.4, 0.5) is 10.1 Å². The number of halogens is 2. The molecule has 0 aliphatic heterocycles. The van der Waals surface area contributed by atoms with Crippen molar-refractivity contribution in [1.82, 2.24) is 14.5 Å². The highest BCUT2D eigenvalue weighted by Crippen LogP contribution is 2.21. The summed E-state index contributed by atoms with van der Waals surface area (Å²) in [6.07, 6.45) is 0. The Hall–Kier alpha value is -2.50. The van der Waals surface area contributed by atoms with E-state index in [9.17, 15) is 22.4 Å². The summed E-state index contributed by atoms with van der Waals surface area (Å²) in [5.41, 5.74) is 0.905. The number of benzene rings is 2. The highest BCUT2D eigenvalue weighted by Gasteiger charge is 2.32. The number of amides is 2. The van der Waals surface area contributed by atoms with E-state index >= 15 is 0 Å². The van der Waals surface area contributed by atoms with Crippen molar-refractivity contribution in [2.75, 3.05) is 31.5 Å². The molecular formula is C24H32BrFN4O4S. The van der Waals surface area contributed by atoms with Crippen LogP contribution in [0.5, 0.6) is 0 Å². The van der Waals surface area contributed by atoms with Crippen molar-refractivity contribution in [2.45, 2.75) is 33.4 Å². The van der Waals surface area contributed by atoms with Crippen LogP contribution >= 0.6 is 15.9 Å². The molecule has 1 unspecified atom stereocenters. The fourth-order valence-electron chi connectivity index (χ4n) is 3.15. The quantitative estimate of drug-likeness (QED) is 0.448. The van der Waals surface area contributed by atoms with Crippen LogP contribution in [0, 0.1) is 11.7 Å². The van der Waals surface area contributed by atoms with Gasteiger partial charge in [0, 0.05) is 31.7 Å². The molecule has 0 aliphatic carbocycles. The Labute approximate surface area is 215 Å². The predicted molar refractivity (Wildman–Crippen MR) is 138 cm³/mol. The van der Waals surface area contributed by atoms with E-state index in [0.717, 1.165) is 30.8 Å². The van der Waals surface area contributed by atoms with Crippen molar-refractivity contribution in [1.29, 1.82) is 0 Å². The zero-order valence-corrected chi connectivity index (χ0v) is 22.9. The van der Waals surface area contributed by atoms with E-state index in [4.69, 9.17) is 0 Å². The van der Waals surface area contributed by atoms with Crippen LogP contribution in [0.3, 0.4) is 0 Å². The summed E-state index contributed by atoms with van der Waals surface area (Å²) >= 11 is 3.38. The first kappa shape index (κ1) is 28.7. The minimum Gasteiger partial charge on any atom is -0.354 e. The molecule has 8 nitrogen and oxygen atoms in total. The Kier molecular flexibility index (Phi) is 10.2. The minimum absolute atomic E-state index is 0.0989. The molecule has 192 valence electrons. The van der Waals surface area contributed by atoms with Crippen LogP contribution in [0.25, 0.3) is 0 Å². The monoisotopic (exact) mass is 570 g/mol. The van der Waals surface area contributed by atoms with E-state index in [1.165, 1.54) is 31.1 Å². The van der Waals surface area contributed by atoms with Crippen LogP contribution in [0.15, 0.2) is 53.0 Å². The van der Waals surface area contributed by atoms with Crippen molar-refractivity contribution in [2.24, 2.45) is 5.92 Å². The number of nitrogens with zero attached hydrogens (tertiary/aromatic N) is 3. The fourth-order valence-corrected chi connectivity index (χ4v) is 4.47. The van der Waals surface area contributed by atoms with Crippen LogP contribution < -0.4 is 9.62 Å². The zero-order valence-electron chi connectivity index (χ0n) is 20.5. The van der Waals surface area contributed by atoms with Crippen LogP contribution in [0.1, 0.15) is 26.3 Å². The number of rotatable bonds is 11. The lowest BCUT2D eigenvalue weighted by atomic mass is 10.1. The highest BCUT2D eigenvalue weighted by atomic mass is 79.9. The first-order valence-corrected chi connectivity index (χ1v) is 13.3. The summed E-state index contributed by atoms with van der Waals surface area (Å²) in [6, 6.07) is 11.3. The maximum atomic E-state index is 13.6. The molecule has 0 radical (unpaired) electrons. The molecule has 0 heterocycles. The number of carbonyl (C=O) groups is 2. The number of nitrogens with one attached hydrogen (secondary N) is 1. The minimum atomic E-state index is -4.09. The molecule has 0 saturated carbocycles. The summed E-state index contributed by atoms with van der Waals surface area (Å²) in [6.45, 7) is 5.51. The van der Waals surface area contributed by atoms with Crippen molar-refractivity contribution in [3.8, 4) is 0 Å². The van der Waals surface area contributed by atoms with Gasteiger partial charge < -0.3 is 10.2 Å². The van der Waals surface area contributed by atoms with Crippen molar-refractivity contribution < 1.29 is 22.4 Å². The second kappa shape index (κ2) is 12.5. The molecule has 2 rings (SSSR count). The van der Waals surface area contributed by atoms with Crippen molar-refractivity contribution >= 4 is 43.6 Å². The molecule has 2 aromatic carbocycles. The lowest BCUT2D eigenvalue weighted by molar-refractivity contribution is -0.139. The van der Waals surface area contributed by atoms with Gasteiger partial charge in [-0.1, -0.05) is 41.9 Å². The van der Waals surface area contributed by atoms with E-state index in [1.54, 1.807) is 6.92 Å². The average molecular weight is 572 g/mol. The Morgan fingerprint density at radius 3 is 2.09 bits per heavy atom. The number of hydrogen-bond acceptors (Lipinski definition) is 4. The summed E-state index contributed by atoms with van der Waals surface area (Å²) in [5.74, 6) is -1.22. The first-order valence-electron chi connectivity index (χ1n) is 11.1. The lowest BCUT2D eigenvalue weighted by Gasteiger charge is -2.33. The summed E-state index contributed by atoms with van der Waals surface area (Å²) in [7, 11) is -1.40. The Bertz CT molecular complexity index is 1110. The lowest BCUT2D eigenvalue weighted by Crippen LogP contribution is -2.52. The van der Waals surface area contributed by atoms with E-state index in [1.807, 2.05) is 38.1 Å². The summed E-state index contributed by atoms with van der Waals surface area (Å²) < 4.78 is 42.3. The van der Waals surface area contributed by atoms with Gasteiger partial charge in [0.25, 0.3) is 0 Å². The highest BCUT2D eigenvalue weighted by molar-refractivity contribution is 9.10. The van der Waals surface area contributed by atoms with E-state index in [2.05, 4.69) is 21.2 Å². The summed E-state index contributed by atoms with van der Waals surface area (Å²) in [5, 5.41) is 2.83. The molecule has 0 spiro atoms. The van der Waals surface area contributed by atoms with Crippen LogP contribution in [-0.2, 0) is 26.3 Å². The Morgan fingerprint density at radius 2 is 1.57 bits per heavy atom. The zero-order chi connectivity index (χ0) is 26.3. The maximum Gasteiger partial charge on any atom is 0.304 e. The number of hydrogen-bond donors (Lipinski definition) is 1. The van der Waals surface area contributed by atoms with Gasteiger partial charge in [0.1, 0.15) is 18.4 Å². The smallest absolute Gasteiger partial charge is 0.304 e. The topological polar surface area (TPSA) is 90.0 Å². The average Bonchev–Trinajstić information content (AvgIpc) is 2.80. The first-order chi connectivity index (χ1) is 16.3. The van der Waals surface area contributed by atoms with Gasteiger partial charge in [0.05, 0.1) is 5.69 Å². The summed E-state index contributed by atoms with van der Waals surface area (Å²) in [4.78, 5) is 27.7. The molecule has 2 amide bonds. The van der Waals surface area contributed by atoms with Crippen molar-refractivity contribution in [3.63, 3.8) is 0 Å². The van der Waals surface area contributed by atoms with Gasteiger partial charge in [-0.05, 0) is 54.8 Å². The van der Waals surface area contributed by atoms with Crippen molar-refractivity contribution in [3.05, 3.63) is 64.4 Å². The third-order valence-electron chi connectivity index (χ3n) is 5.25. The normalized spacial score (nSPS) is 12.5. The van der Waals surface area contributed by atoms with Gasteiger partial charge >= 0.3 is 10.2 Å². The third kappa shape index (κ3) is 8.01. The molecule has 0 bridgehead atoms. The molecule has 0 aliphatic rings. The molecule has 1 N–H and O–H groups in total. The fraction of sp³-hybridized carbons (Fsp3) is 0.417. The molecule has 1 atom stereocenters.